The van der Waals surface area contributed by atoms with E-state index in [9.17, 15) is 38.9 Å². The Hall–Kier alpha value is -7.04. The average molecular weight is 928 g/mol. The summed E-state index contributed by atoms with van der Waals surface area (Å²) in [5.41, 5.74) is 2.27. The minimum atomic E-state index is -4.45. The number of aromatic amines is 1. The number of esters is 2. The number of carbonyl (C=O) groups excluding carboxylic acids is 2. The van der Waals surface area contributed by atoms with Crippen molar-refractivity contribution in [3.63, 3.8) is 0 Å². The van der Waals surface area contributed by atoms with Crippen LogP contribution in [0, 0.1) is 20.2 Å². The summed E-state index contributed by atoms with van der Waals surface area (Å²) < 4.78 is 65.1. The number of aromatic nitrogens is 1. The first kappa shape index (κ1) is 46.0. The van der Waals surface area contributed by atoms with Gasteiger partial charge in [0, 0.05) is 54.3 Å². The van der Waals surface area contributed by atoms with Gasteiger partial charge in [-0.2, -0.15) is 9.76 Å². The number of nitrogens with one attached hydrogen (secondary N) is 2. The van der Waals surface area contributed by atoms with Crippen molar-refractivity contribution in [3.8, 4) is 34.1 Å². The van der Waals surface area contributed by atoms with E-state index < -0.39 is 49.4 Å². The quantitative estimate of drug-likeness (QED) is 0.0313. The number of nitrogens with zero attached hydrogens (tertiary/aromatic N) is 3. The van der Waals surface area contributed by atoms with Gasteiger partial charge in [0.25, 0.3) is 11.4 Å². The van der Waals surface area contributed by atoms with Crippen molar-refractivity contribution in [3.05, 3.63) is 153 Å². The number of hydrogen-bond donors (Lipinski definition) is 2. The standard InChI is InChI=1S/C44H43N5O14P2/c1-3-58-43(50)41(46-64(56,60-35-11-6-5-7-12-35)61-36-20-16-33(17-21-36)48(52)53)28-32-29-45-40-27-31(15-24-39(32)40)30-10-8-13-38(26-30)63-65(57,47-25-9-14-42(47)44(51)59-4-2)62-37-22-18-34(19-23-37)49(54)55/h5-8,10-13,15-24,26-27,29,41-42,45H,3-4,9,14,25,28H2,1-2H3,(H,46,56)/t41-,42-,64?,65?/m0/s1. The highest BCUT2D eigenvalue weighted by molar-refractivity contribution is 7.52. The molecule has 1 saturated heterocycles. The van der Waals surface area contributed by atoms with Gasteiger partial charge in [-0.3, -0.25) is 29.8 Å². The Bertz CT molecular complexity index is 2770. The fourth-order valence-corrected chi connectivity index (χ4v) is 10.6. The number of nitro benzene ring substituents is 2. The van der Waals surface area contributed by atoms with Gasteiger partial charge in [0.15, 0.2) is 0 Å². The molecule has 19 nitrogen and oxygen atoms in total. The van der Waals surface area contributed by atoms with Gasteiger partial charge in [-0.25, -0.2) is 9.13 Å². The summed E-state index contributed by atoms with van der Waals surface area (Å²) in [6, 6.07) is 28.2. The molecule has 7 rings (SSSR count). The fraction of sp³-hybridized carbons (Fsp3) is 0.227. The first-order chi connectivity index (χ1) is 31.3. The molecule has 1 aliphatic rings. The minimum Gasteiger partial charge on any atom is -0.465 e. The second-order valence-corrected chi connectivity index (χ2v) is 17.9. The maximum atomic E-state index is 14.8. The first-order valence-electron chi connectivity index (χ1n) is 20.4. The molecular formula is C44H43N5O14P2. The van der Waals surface area contributed by atoms with Gasteiger partial charge in [0.1, 0.15) is 35.1 Å². The van der Waals surface area contributed by atoms with Crippen molar-refractivity contribution in [1.82, 2.24) is 14.7 Å². The van der Waals surface area contributed by atoms with Crippen molar-refractivity contribution in [1.29, 1.82) is 0 Å². The molecule has 21 heteroatoms. The van der Waals surface area contributed by atoms with E-state index >= 15 is 0 Å². The third kappa shape index (κ3) is 11.2. The molecule has 4 atom stereocenters. The third-order valence-corrected chi connectivity index (χ3v) is 13.6. The Morgan fingerprint density at radius 2 is 1.32 bits per heavy atom. The molecule has 5 aromatic carbocycles. The lowest BCUT2D eigenvalue weighted by molar-refractivity contribution is -0.385. The monoisotopic (exact) mass is 927 g/mol. The molecular weight excluding hydrogens is 884 g/mol. The van der Waals surface area contributed by atoms with Crippen LogP contribution in [0.25, 0.3) is 22.0 Å². The van der Waals surface area contributed by atoms with E-state index in [0.717, 1.165) is 0 Å². The van der Waals surface area contributed by atoms with E-state index in [1.165, 1.54) is 53.2 Å². The summed E-state index contributed by atoms with van der Waals surface area (Å²) >= 11 is 0. The van der Waals surface area contributed by atoms with Crippen LogP contribution in [0.5, 0.6) is 23.0 Å². The number of para-hydroxylation sites is 1. The van der Waals surface area contributed by atoms with E-state index in [2.05, 4.69) is 10.1 Å². The molecule has 0 saturated carbocycles. The Morgan fingerprint density at radius 1 is 0.738 bits per heavy atom. The average Bonchev–Trinajstić information content (AvgIpc) is 3.95. The molecule has 1 fully saturated rings. The van der Waals surface area contributed by atoms with E-state index in [1.54, 1.807) is 68.6 Å². The Morgan fingerprint density at radius 3 is 1.95 bits per heavy atom. The summed E-state index contributed by atoms with van der Waals surface area (Å²) in [6.07, 6.45) is 2.51. The van der Waals surface area contributed by atoms with E-state index in [-0.39, 0.29) is 60.6 Å². The van der Waals surface area contributed by atoms with Crippen molar-refractivity contribution in [2.24, 2.45) is 0 Å². The maximum Gasteiger partial charge on any atom is 0.516 e. The van der Waals surface area contributed by atoms with Crippen molar-refractivity contribution < 1.29 is 56.1 Å². The molecule has 0 aliphatic carbocycles. The number of H-pyrrole nitrogens is 1. The van der Waals surface area contributed by atoms with Crippen LogP contribution in [-0.2, 0) is 34.6 Å². The van der Waals surface area contributed by atoms with Gasteiger partial charge >= 0.3 is 27.4 Å². The van der Waals surface area contributed by atoms with Crippen LogP contribution < -0.4 is 23.2 Å². The highest BCUT2D eigenvalue weighted by Crippen LogP contribution is 2.56. The molecule has 1 aliphatic heterocycles. The summed E-state index contributed by atoms with van der Waals surface area (Å²) in [6.45, 7) is 3.62. The second-order valence-electron chi connectivity index (χ2n) is 14.5. The summed E-state index contributed by atoms with van der Waals surface area (Å²) in [5.74, 6) is -0.994. The number of rotatable bonds is 20. The fourth-order valence-electron chi connectivity index (χ4n) is 7.10. The summed E-state index contributed by atoms with van der Waals surface area (Å²) in [4.78, 5) is 51.1. The van der Waals surface area contributed by atoms with Gasteiger partial charge in [-0.05, 0) is 98.0 Å². The molecule has 1 aromatic heterocycles. The largest absolute Gasteiger partial charge is 0.516 e. The maximum absolute atomic E-state index is 14.8. The van der Waals surface area contributed by atoms with E-state index in [0.29, 0.717) is 40.4 Å². The molecule has 65 heavy (non-hydrogen) atoms. The molecule has 0 amide bonds. The third-order valence-electron chi connectivity index (χ3n) is 10.1. The molecule has 0 bridgehead atoms. The lowest BCUT2D eigenvalue weighted by Crippen LogP contribution is -2.40. The van der Waals surface area contributed by atoms with Crippen LogP contribution in [0.3, 0.4) is 0 Å². The van der Waals surface area contributed by atoms with Gasteiger partial charge in [0.2, 0.25) is 0 Å². The SMILES string of the molecule is CCOC(=O)[C@H](Cc1c[nH]c2cc(-c3cccc(OP(=O)(Oc4ccc([N+](=O)[O-])cc4)N4CCC[C@H]4C(=O)OCC)c3)ccc12)NP(=O)(Oc1ccccc1)Oc1ccc([N+](=O)[O-])cc1. The van der Waals surface area contributed by atoms with Crippen molar-refractivity contribution >= 4 is 49.7 Å². The van der Waals surface area contributed by atoms with Crippen LogP contribution in [0.4, 0.5) is 11.4 Å². The zero-order valence-corrected chi connectivity index (χ0v) is 36.8. The number of non-ortho nitro benzene ring substituents is 2. The summed E-state index contributed by atoms with van der Waals surface area (Å²) in [5, 5.41) is 26.0. The number of benzene rings is 5. The zero-order valence-electron chi connectivity index (χ0n) is 35.0. The Kier molecular flexibility index (Phi) is 14.3. The number of hydrogen-bond acceptors (Lipinski definition) is 14. The summed E-state index contributed by atoms with van der Waals surface area (Å²) in [7, 11) is -8.82. The van der Waals surface area contributed by atoms with Crippen LogP contribution in [0.15, 0.2) is 128 Å². The van der Waals surface area contributed by atoms with Crippen LogP contribution in [-0.4, -0.2) is 63.3 Å². The minimum absolute atomic E-state index is 0.0178. The number of ether oxygens (including phenoxy) is 2. The number of nitro groups is 2. The number of fused-ring (bicyclic) bond motifs is 1. The highest BCUT2D eigenvalue weighted by Gasteiger charge is 2.48. The van der Waals surface area contributed by atoms with Gasteiger partial charge in [0.05, 0.1) is 23.1 Å². The van der Waals surface area contributed by atoms with Crippen LogP contribution in [0.1, 0.15) is 32.3 Å². The molecule has 2 unspecified atom stereocenters. The Labute approximate surface area is 372 Å². The van der Waals surface area contributed by atoms with Crippen LogP contribution >= 0.6 is 15.5 Å². The van der Waals surface area contributed by atoms with Crippen LogP contribution in [0.2, 0.25) is 0 Å². The topological polar surface area (TPSA) is 241 Å². The number of carbonyl (C=O) groups is 2. The Balaban J connectivity index is 1.15. The van der Waals surface area contributed by atoms with Crippen molar-refractivity contribution in [2.75, 3.05) is 19.8 Å². The first-order valence-corrected chi connectivity index (χ1v) is 23.4. The highest BCUT2D eigenvalue weighted by atomic mass is 31.2. The van der Waals surface area contributed by atoms with E-state index in [4.69, 9.17) is 27.6 Å². The second kappa shape index (κ2) is 20.2. The smallest absolute Gasteiger partial charge is 0.465 e. The van der Waals surface area contributed by atoms with Gasteiger partial charge < -0.3 is 32.6 Å². The zero-order chi connectivity index (χ0) is 46.1. The van der Waals surface area contributed by atoms with E-state index in [1.807, 2.05) is 24.3 Å². The van der Waals surface area contributed by atoms with Crippen molar-refractivity contribution in [2.45, 2.75) is 45.2 Å². The molecule has 2 heterocycles. The predicted molar refractivity (Wildman–Crippen MR) is 238 cm³/mol. The predicted octanol–water partition coefficient (Wildman–Crippen LogP) is 9.57. The molecule has 0 radical (unpaired) electrons. The lowest BCUT2D eigenvalue weighted by Gasteiger charge is -2.30. The lowest BCUT2D eigenvalue weighted by atomic mass is 10.0. The molecule has 2 N–H and O–H groups in total. The molecule has 0 spiro atoms. The molecule has 338 valence electrons. The van der Waals surface area contributed by atoms with Gasteiger partial charge in [-0.1, -0.05) is 42.5 Å². The normalized spacial score (nSPS) is 16.1. The van der Waals surface area contributed by atoms with Gasteiger partial charge in [-0.15, -0.1) is 0 Å². The molecule has 6 aromatic rings.